The topological polar surface area (TPSA) is 70.7 Å². The molecule has 0 aromatic carbocycles. The van der Waals surface area contributed by atoms with Crippen LogP contribution in [0, 0.1) is 6.92 Å². The smallest absolute Gasteiger partial charge is 0.267 e. The summed E-state index contributed by atoms with van der Waals surface area (Å²) in [6.07, 6.45) is 1.36. The third-order valence-corrected chi connectivity index (χ3v) is 3.57. The van der Waals surface area contributed by atoms with Gasteiger partial charge in [0.05, 0.1) is 12.9 Å². The van der Waals surface area contributed by atoms with Gasteiger partial charge in [0.2, 0.25) is 0 Å². The molecule has 84 valence electrons. The first-order valence-corrected chi connectivity index (χ1v) is 6.22. The molecule has 0 bridgehead atoms. The van der Waals surface area contributed by atoms with Crippen LogP contribution in [0.5, 0.6) is 0 Å². The largest absolute Gasteiger partial charge is 0.362 e. The minimum atomic E-state index is -0.201. The van der Waals surface area contributed by atoms with Crippen LogP contribution in [0.2, 0.25) is 0 Å². The fourth-order valence-corrected chi connectivity index (χ4v) is 2.22. The van der Waals surface area contributed by atoms with Crippen molar-refractivity contribution in [3.05, 3.63) is 37.2 Å². The lowest BCUT2D eigenvalue weighted by atomic mass is 10.5. The van der Waals surface area contributed by atoms with Crippen molar-refractivity contribution in [3.63, 3.8) is 0 Å². The third-order valence-electron chi connectivity index (χ3n) is 1.87. The van der Waals surface area contributed by atoms with Gasteiger partial charge < -0.3 is 10.3 Å². The van der Waals surface area contributed by atoms with E-state index in [1.165, 1.54) is 6.33 Å². The molecule has 0 atom stereocenters. The number of halogens is 1. The molecule has 0 spiro atoms. The number of aryl methyl sites for hydroxylation is 1. The van der Waals surface area contributed by atoms with Crippen LogP contribution in [0.3, 0.4) is 0 Å². The van der Waals surface area contributed by atoms with E-state index in [-0.39, 0.29) is 5.56 Å². The molecule has 0 aliphatic carbocycles. The van der Waals surface area contributed by atoms with E-state index in [0.717, 1.165) is 10.7 Å². The van der Waals surface area contributed by atoms with Crippen molar-refractivity contribution in [1.29, 1.82) is 0 Å². The fourth-order valence-electron chi connectivity index (χ4n) is 1.15. The number of rotatable bonds is 3. The minimum absolute atomic E-state index is 0.201. The fraction of sp³-hybridized carbons (Fsp3) is 0.222. The molecule has 2 rings (SSSR count). The number of nitrogens with zero attached hydrogens (tertiary/aromatic N) is 2. The molecular formula is C9H9BrN4OS. The molecule has 2 aromatic rings. The zero-order chi connectivity index (χ0) is 11.5. The number of aromatic nitrogens is 3. The molecule has 0 aliphatic heterocycles. The Bertz CT molecular complexity index is 550. The summed E-state index contributed by atoms with van der Waals surface area (Å²) in [7, 11) is 0. The summed E-state index contributed by atoms with van der Waals surface area (Å²) in [5, 5.41) is 6.00. The highest BCUT2D eigenvalue weighted by Crippen LogP contribution is 2.15. The van der Waals surface area contributed by atoms with Crippen molar-refractivity contribution in [3.8, 4) is 0 Å². The van der Waals surface area contributed by atoms with Gasteiger partial charge in [-0.3, -0.25) is 4.79 Å². The van der Waals surface area contributed by atoms with E-state index in [9.17, 15) is 4.79 Å². The number of aromatic amines is 1. The summed E-state index contributed by atoms with van der Waals surface area (Å²) in [4.78, 5) is 22.1. The van der Waals surface area contributed by atoms with Crippen LogP contribution in [0.25, 0.3) is 0 Å². The minimum Gasteiger partial charge on any atom is -0.362 e. The zero-order valence-electron chi connectivity index (χ0n) is 8.45. The van der Waals surface area contributed by atoms with Crippen LogP contribution >= 0.6 is 27.3 Å². The van der Waals surface area contributed by atoms with Crippen LogP contribution in [0.4, 0.5) is 5.82 Å². The number of anilines is 1. The third kappa shape index (κ3) is 2.48. The highest BCUT2D eigenvalue weighted by molar-refractivity contribution is 9.10. The Balaban J connectivity index is 2.10. The van der Waals surface area contributed by atoms with E-state index < -0.39 is 0 Å². The van der Waals surface area contributed by atoms with Crippen molar-refractivity contribution < 1.29 is 0 Å². The summed E-state index contributed by atoms with van der Waals surface area (Å²) >= 11 is 4.75. The van der Waals surface area contributed by atoms with E-state index in [1.54, 1.807) is 11.3 Å². The lowest BCUT2D eigenvalue weighted by Crippen LogP contribution is -2.11. The first-order chi connectivity index (χ1) is 7.66. The molecule has 2 N–H and O–H groups in total. The van der Waals surface area contributed by atoms with Gasteiger partial charge >= 0.3 is 0 Å². The first-order valence-electron chi connectivity index (χ1n) is 4.55. The number of thiazole rings is 1. The molecule has 5 nitrogen and oxygen atoms in total. The lowest BCUT2D eigenvalue weighted by molar-refractivity contribution is 1.02. The van der Waals surface area contributed by atoms with Crippen LogP contribution in [-0.2, 0) is 6.54 Å². The predicted octanol–water partition coefficient (Wildman–Crippen LogP) is 1.91. The molecule has 0 saturated carbocycles. The molecule has 2 aromatic heterocycles. The number of hydrogen-bond donors (Lipinski definition) is 2. The van der Waals surface area contributed by atoms with Crippen molar-refractivity contribution in [1.82, 2.24) is 15.0 Å². The zero-order valence-corrected chi connectivity index (χ0v) is 10.9. The maximum Gasteiger partial charge on any atom is 0.267 e. The predicted molar refractivity (Wildman–Crippen MR) is 66.7 cm³/mol. The summed E-state index contributed by atoms with van der Waals surface area (Å²) in [5.41, 5.74) is 0.799. The van der Waals surface area contributed by atoms with Gasteiger partial charge in [0, 0.05) is 11.1 Å². The van der Waals surface area contributed by atoms with Gasteiger partial charge in [0.15, 0.2) is 0 Å². The van der Waals surface area contributed by atoms with Crippen molar-refractivity contribution in [2.45, 2.75) is 13.5 Å². The molecule has 0 saturated heterocycles. The van der Waals surface area contributed by atoms with E-state index in [0.29, 0.717) is 16.8 Å². The quantitative estimate of drug-likeness (QED) is 0.908. The van der Waals surface area contributed by atoms with E-state index in [2.05, 4.69) is 36.2 Å². The molecule has 0 unspecified atom stereocenters. The standard InChI is InChI=1S/C9H9BrN4OS/c1-5-3-16-6(14-5)2-11-8-7(10)9(15)13-4-12-8/h3-4H,2H2,1H3,(H2,11,12,13,15). The van der Waals surface area contributed by atoms with Crippen molar-refractivity contribution >= 4 is 33.1 Å². The highest BCUT2D eigenvalue weighted by atomic mass is 79.9. The SMILES string of the molecule is Cc1csc(CNc2nc[nH]c(=O)c2Br)n1. The average molecular weight is 301 g/mol. The van der Waals surface area contributed by atoms with Gasteiger partial charge in [-0.25, -0.2) is 9.97 Å². The Morgan fingerprint density at radius 1 is 1.62 bits per heavy atom. The Kier molecular flexibility index (Phi) is 3.35. The summed E-state index contributed by atoms with van der Waals surface area (Å²) in [6.45, 7) is 2.51. The first kappa shape index (κ1) is 11.3. The molecule has 2 heterocycles. The monoisotopic (exact) mass is 300 g/mol. The van der Waals surface area contributed by atoms with E-state index in [1.807, 2.05) is 12.3 Å². The van der Waals surface area contributed by atoms with Crippen molar-refractivity contribution in [2.24, 2.45) is 0 Å². The van der Waals surface area contributed by atoms with Crippen LogP contribution < -0.4 is 10.9 Å². The average Bonchev–Trinajstić information content (AvgIpc) is 2.67. The molecule has 0 radical (unpaired) electrons. The van der Waals surface area contributed by atoms with E-state index >= 15 is 0 Å². The van der Waals surface area contributed by atoms with E-state index in [4.69, 9.17) is 0 Å². The molecule has 0 amide bonds. The second-order valence-electron chi connectivity index (χ2n) is 3.13. The number of nitrogens with one attached hydrogen (secondary N) is 2. The lowest BCUT2D eigenvalue weighted by Gasteiger charge is -2.03. The van der Waals surface area contributed by atoms with Gasteiger partial charge in [-0.2, -0.15) is 0 Å². The maximum atomic E-state index is 11.3. The van der Waals surface area contributed by atoms with Crippen LogP contribution in [0.1, 0.15) is 10.7 Å². The molecule has 0 fully saturated rings. The van der Waals surface area contributed by atoms with Gasteiger partial charge in [0.25, 0.3) is 5.56 Å². The Morgan fingerprint density at radius 2 is 2.44 bits per heavy atom. The molecule has 7 heteroatoms. The Morgan fingerprint density at radius 3 is 3.12 bits per heavy atom. The second kappa shape index (κ2) is 4.75. The van der Waals surface area contributed by atoms with Gasteiger partial charge in [-0.15, -0.1) is 11.3 Å². The van der Waals surface area contributed by atoms with Gasteiger partial charge in [0.1, 0.15) is 15.3 Å². The molecule has 16 heavy (non-hydrogen) atoms. The normalized spacial score (nSPS) is 10.4. The summed E-state index contributed by atoms with van der Waals surface area (Å²) in [5.74, 6) is 0.525. The summed E-state index contributed by atoms with van der Waals surface area (Å²) < 4.78 is 0.406. The molecule has 0 aliphatic rings. The second-order valence-corrected chi connectivity index (χ2v) is 4.87. The summed E-state index contributed by atoms with van der Waals surface area (Å²) in [6, 6.07) is 0. The van der Waals surface area contributed by atoms with Gasteiger partial charge in [-0.05, 0) is 22.9 Å². The van der Waals surface area contributed by atoms with Crippen molar-refractivity contribution in [2.75, 3.05) is 5.32 Å². The maximum absolute atomic E-state index is 11.3. The number of H-pyrrole nitrogens is 1. The Hall–Kier alpha value is -1.21. The highest BCUT2D eigenvalue weighted by Gasteiger charge is 2.05. The van der Waals surface area contributed by atoms with Crippen LogP contribution in [-0.4, -0.2) is 15.0 Å². The number of hydrogen-bond acceptors (Lipinski definition) is 5. The Labute approximate surface area is 104 Å². The van der Waals surface area contributed by atoms with Gasteiger partial charge in [-0.1, -0.05) is 0 Å². The van der Waals surface area contributed by atoms with Crippen LogP contribution in [0.15, 0.2) is 21.0 Å². The molecular weight excluding hydrogens is 292 g/mol.